The molecular weight excluding hydrogens is 328 g/mol. The smallest absolute Gasteiger partial charge is 0.127 e. The summed E-state index contributed by atoms with van der Waals surface area (Å²) in [6, 6.07) is 18.9. The van der Waals surface area contributed by atoms with Gasteiger partial charge < -0.3 is 5.73 Å². The maximum absolute atomic E-state index is 8.83. The molecule has 0 amide bonds. The number of nitrogens with two attached hydrogens (primary N) is 1. The van der Waals surface area contributed by atoms with Crippen molar-refractivity contribution in [2.75, 3.05) is 5.73 Å². The summed E-state index contributed by atoms with van der Waals surface area (Å²) in [7, 11) is 0. The molecule has 5 heteroatoms. The van der Waals surface area contributed by atoms with Gasteiger partial charge in [-0.2, -0.15) is 10.4 Å². The number of anilines is 1. The van der Waals surface area contributed by atoms with Gasteiger partial charge in [0.25, 0.3) is 0 Å². The van der Waals surface area contributed by atoms with Crippen LogP contribution in [-0.2, 0) is 0 Å². The number of benzene rings is 2. The lowest BCUT2D eigenvalue weighted by Gasteiger charge is -2.03. The maximum atomic E-state index is 8.83. The Kier molecular flexibility index (Phi) is 3.46. The zero-order valence-corrected chi connectivity index (χ0v) is 12.6. The summed E-state index contributed by atoms with van der Waals surface area (Å²) in [5.41, 5.74) is 9.26. The van der Waals surface area contributed by atoms with E-state index in [0.717, 1.165) is 21.4 Å². The molecule has 102 valence electrons. The van der Waals surface area contributed by atoms with Crippen molar-refractivity contribution >= 4 is 21.7 Å². The first kappa shape index (κ1) is 13.4. The summed E-state index contributed by atoms with van der Waals surface area (Å²) in [5.74, 6) is 0.547. The van der Waals surface area contributed by atoms with Gasteiger partial charge in [-0.3, -0.25) is 0 Å². The van der Waals surface area contributed by atoms with E-state index in [4.69, 9.17) is 11.0 Å². The van der Waals surface area contributed by atoms with Crippen molar-refractivity contribution in [2.45, 2.75) is 0 Å². The Morgan fingerprint density at radius 1 is 1.10 bits per heavy atom. The van der Waals surface area contributed by atoms with Crippen LogP contribution in [0.2, 0.25) is 0 Å². The minimum absolute atomic E-state index is 0.547. The fourth-order valence-corrected chi connectivity index (χ4v) is 2.57. The van der Waals surface area contributed by atoms with E-state index in [1.807, 2.05) is 42.5 Å². The quantitative estimate of drug-likeness (QED) is 0.773. The topological polar surface area (TPSA) is 67.6 Å². The molecule has 2 aromatic carbocycles. The molecule has 0 atom stereocenters. The molecule has 21 heavy (non-hydrogen) atoms. The Bertz CT molecular complexity index is 828. The third-order valence-corrected chi connectivity index (χ3v) is 3.82. The molecule has 1 heterocycles. The summed E-state index contributed by atoms with van der Waals surface area (Å²) >= 11 is 3.52. The normalized spacial score (nSPS) is 10.3. The average Bonchev–Trinajstić information content (AvgIpc) is 2.89. The van der Waals surface area contributed by atoms with Crippen LogP contribution in [-0.4, -0.2) is 9.78 Å². The summed E-state index contributed by atoms with van der Waals surface area (Å²) in [5, 5.41) is 13.4. The van der Waals surface area contributed by atoms with Gasteiger partial charge in [-0.15, -0.1) is 0 Å². The number of nitrogens with zero attached hydrogens (tertiary/aromatic N) is 3. The molecule has 3 rings (SSSR count). The van der Waals surface area contributed by atoms with Crippen molar-refractivity contribution in [3.63, 3.8) is 0 Å². The number of hydrogen-bond acceptors (Lipinski definition) is 3. The van der Waals surface area contributed by atoms with Crippen LogP contribution >= 0.6 is 15.9 Å². The first-order valence-corrected chi connectivity index (χ1v) is 7.09. The molecule has 3 aromatic rings. The van der Waals surface area contributed by atoms with Crippen LogP contribution in [0, 0.1) is 11.3 Å². The van der Waals surface area contributed by atoms with Crippen molar-refractivity contribution in [3.05, 3.63) is 64.6 Å². The lowest BCUT2D eigenvalue weighted by Crippen LogP contribution is -2.01. The summed E-state index contributed by atoms with van der Waals surface area (Å²) in [6.07, 6.45) is 0. The number of nitrogen functional groups attached to an aromatic ring is 1. The van der Waals surface area contributed by atoms with Gasteiger partial charge >= 0.3 is 0 Å². The van der Waals surface area contributed by atoms with Crippen LogP contribution in [0.3, 0.4) is 0 Å². The van der Waals surface area contributed by atoms with E-state index in [-0.39, 0.29) is 0 Å². The van der Waals surface area contributed by atoms with Gasteiger partial charge in [0.2, 0.25) is 0 Å². The molecule has 0 aliphatic rings. The molecule has 0 saturated carbocycles. The maximum Gasteiger partial charge on any atom is 0.127 e. The van der Waals surface area contributed by atoms with Crippen molar-refractivity contribution in [2.24, 2.45) is 0 Å². The van der Waals surface area contributed by atoms with Crippen molar-refractivity contribution in [1.29, 1.82) is 5.26 Å². The minimum Gasteiger partial charge on any atom is -0.384 e. The monoisotopic (exact) mass is 338 g/mol. The third-order valence-electron chi connectivity index (χ3n) is 3.13. The first-order valence-electron chi connectivity index (χ1n) is 6.30. The van der Waals surface area contributed by atoms with E-state index in [9.17, 15) is 0 Å². The number of halogens is 1. The van der Waals surface area contributed by atoms with Crippen LogP contribution in [0.1, 0.15) is 5.56 Å². The largest absolute Gasteiger partial charge is 0.384 e. The average molecular weight is 339 g/mol. The highest BCUT2D eigenvalue weighted by Crippen LogP contribution is 2.29. The highest BCUT2D eigenvalue weighted by Gasteiger charge is 2.10. The lowest BCUT2D eigenvalue weighted by atomic mass is 10.1. The molecule has 0 saturated heterocycles. The highest BCUT2D eigenvalue weighted by molar-refractivity contribution is 9.10. The minimum atomic E-state index is 0.547. The molecule has 0 fully saturated rings. The third kappa shape index (κ3) is 2.54. The molecular formula is C16H11BrN4. The Labute approximate surface area is 130 Å². The second-order valence-electron chi connectivity index (χ2n) is 4.50. The van der Waals surface area contributed by atoms with Crippen LogP contribution in [0.4, 0.5) is 5.82 Å². The summed E-state index contributed by atoms with van der Waals surface area (Å²) in [4.78, 5) is 0. The number of hydrogen-bond donors (Lipinski definition) is 1. The zero-order chi connectivity index (χ0) is 14.8. The van der Waals surface area contributed by atoms with E-state index in [1.165, 1.54) is 0 Å². The molecule has 4 nitrogen and oxygen atoms in total. The fraction of sp³-hybridized carbons (Fsp3) is 0. The van der Waals surface area contributed by atoms with Gasteiger partial charge in [-0.1, -0.05) is 34.1 Å². The standard InChI is InChI=1S/C16H11BrN4/c17-14-4-2-1-3-13(14)15-9-16(19)21(20-15)12-7-5-11(10-18)6-8-12/h1-9H,19H2. The highest BCUT2D eigenvalue weighted by atomic mass is 79.9. The van der Waals surface area contributed by atoms with Crippen molar-refractivity contribution < 1.29 is 0 Å². The zero-order valence-electron chi connectivity index (χ0n) is 11.0. The van der Waals surface area contributed by atoms with Crippen LogP contribution in [0.15, 0.2) is 59.1 Å². The van der Waals surface area contributed by atoms with Crippen LogP contribution < -0.4 is 5.73 Å². The van der Waals surface area contributed by atoms with E-state index in [1.54, 1.807) is 16.8 Å². The number of aromatic nitrogens is 2. The van der Waals surface area contributed by atoms with Gasteiger partial charge in [0.05, 0.1) is 23.0 Å². The number of rotatable bonds is 2. The number of nitriles is 1. The van der Waals surface area contributed by atoms with Gasteiger partial charge in [-0.25, -0.2) is 4.68 Å². The molecule has 0 spiro atoms. The predicted octanol–water partition coefficient (Wildman–Crippen LogP) is 3.76. The molecule has 0 radical (unpaired) electrons. The second kappa shape index (κ2) is 5.43. The van der Waals surface area contributed by atoms with Crippen LogP contribution in [0.25, 0.3) is 16.9 Å². The molecule has 0 unspecified atom stereocenters. The van der Waals surface area contributed by atoms with E-state index < -0.39 is 0 Å². The molecule has 2 N–H and O–H groups in total. The van der Waals surface area contributed by atoms with E-state index in [0.29, 0.717) is 11.4 Å². The Balaban J connectivity index is 2.06. The van der Waals surface area contributed by atoms with Crippen LogP contribution in [0.5, 0.6) is 0 Å². The second-order valence-corrected chi connectivity index (χ2v) is 5.36. The molecule has 0 aliphatic heterocycles. The first-order chi connectivity index (χ1) is 10.2. The molecule has 1 aromatic heterocycles. The van der Waals surface area contributed by atoms with Gasteiger partial charge in [-0.05, 0) is 30.3 Å². The van der Waals surface area contributed by atoms with Crippen molar-refractivity contribution in [1.82, 2.24) is 9.78 Å². The lowest BCUT2D eigenvalue weighted by molar-refractivity contribution is 0.895. The SMILES string of the molecule is N#Cc1ccc(-n2nc(-c3ccccc3Br)cc2N)cc1. The summed E-state index contributed by atoms with van der Waals surface area (Å²) < 4.78 is 2.63. The molecule has 0 aliphatic carbocycles. The summed E-state index contributed by atoms with van der Waals surface area (Å²) in [6.45, 7) is 0. The molecule has 0 bridgehead atoms. The predicted molar refractivity (Wildman–Crippen MR) is 85.8 cm³/mol. The van der Waals surface area contributed by atoms with E-state index >= 15 is 0 Å². The van der Waals surface area contributed by atoms with Gasteiger partial charge in [0, 0.05) is 16.1 Å². The van der Waals surface area contributed by atoms with Crippen molar-refractivity contribution in [3.8, 4) is 23.0 Å². The van der Waals surface area contributed by atoms with Gasteiger partial charge in [0.1, 0.15) is 5.82 Å². The Morgan fingerprint density at radius 2 is 1.81 bits per heavy atom. The van der Waals surface area contributed by atoms with E-state index in [2.05, 4.69) is 27.1 Å². The Morgan fingerprint density at radius 3 is 2.48 bits per heavy atom. The van der Waals surface area contributed by atoms with Gasteiger partial charge in [0.15, 0.2) is 0 Å². The Hall–Kier alpha value is -2.58. The fourth-order valence-electron chi connectivity index (χ4n) is 2.08.